The number of benzene rings is 2. The summed E-state index contributed by atoms with van der Waals surface area (Å²) in [5.74, 6) is 0.130. The number of hydrogen-bond donors (Lipinski definition) is 1. The van der Waals surface area contributed by atoms with Gasteiger partial charge in [-0.1, -0.05) is 11.6 Å². The zero-order valence-corrected chi connectivity index (χ0v) is 15.1. The van der Waals surface area contributed by atoms with Gasteiger partial charge in [0, 0.05) is 17.2 Å². The molecule has 27 heavy (non-hydrogen) atoms. The van der Waals surface area contributed by atoms with E-state index in [0.29, 0.717) is 16.3 Å². The minimum Gasteiger partial charge on any atom is -0.492 e. The maximum atomic E-state index is 12.8. The number of carbonyl (C=O) groups is 2. The molecule has 1 heterocycles. The van der Waals surface area contributed by atoms with Gasteiger partial charge in [-0.25, -0.2) is 4.79 Å². The number of imide groups is 1. The van der Waals surface area contributed by atoms with Crippen LogP contribution in [0, 0.1) is 10.1 Å². The van der Waals surface area contributed by atoms with E-state index in [1.165, 1.54) is 24.3 Å². The van der Waals surface area contributed by atoms with Crippen molar-refractivity contribution in [2.45, 2.75) is 12.5 Å². The van der Waals surface area contributed by atoms with E-state index in [4.69, 9.17) is 16.3 Å². The molecule has 1 atom stereocenters. The predicted octanol–water partition coefficient (Wildman–Crippen LogP) is 3.09. The Balaban J connectivity index is 1.68. The lowest BCUT2D eigenvalue weighted by Gasteiger charge is -2.22. The Morgan fingerprint density at radius 2 is 1.78 bits per heavy atom. The Kier molecular flexibility index (Phi) is 5.00. The highest BCUT2D eigenvalue weighted by molar-refractivity contribution is 6.30. The van der Waals surface area contributed by atoms with E-state index in [0.717, 1.165) is 4.90 Å². The largest absolute Gasteiger partial charge is 0.492 e. The van der Waals surface area contributed by atoms with E-state index in [9.17, 15) is 19.7 Å². The number of nitrogens with one attached hydrogen (secondary N) is 1. The number of nitrogens with zero attached hydrogens (tertiary/aromatic N) is 2. The van der Waals surface area contributed by atoms with Crippen LogP contribution in [0.3, 0.4) is 0 Å². The number of nitro groups is 1. The van der Waals surface area contributed by atoms with E-state index >= 15 is 0 Å². The molecular formula is C18H16ClN3O5. The van der Waals surface area contributed by atoms with E-state index < -0.39 is 22.4 Å². The fourth-order valence-corrected chi connectivity index (χ4v) is 2.92. The Morgan fingerprint density at radius 3 is 2.37 bits per heavy atom. The molecule has 1 N–H and O–H groups in total. The van der Waals surface area contributed by atoms with Crippen LogP contribution in [0.1, 0.15) is 12.5 Å². The van der Waals surface area contributed by atoms with Gasteiger partial charge >= 0.3 is 6.03 Å². The van der Waals surface area contributed by atoms with Crippen molar-refractivity contribution in [2.24, 2.45) is 0 Å². The van der Waals surface area contributed by atoms with Crippen LogP contribution in [-0.4, -0.2) is 34.9 Å². The summed E-state index contributed by atoms with van der Waals surface area (Å²) in [6.07, 6.45) is 0. The first kappa shape index (κ1) is 18.7. The lowest BCUT2D eigenvalue weighted by Crippen LogP contribution is -2.41. The average molecular weight is 390 g/mol. The molecule has 0 spiro atoms. The summed E-state index contributed by atoms with van der Waals surface area (Å²) in [5.41, 5.74) is -0.910. The van der Waals surface area contributed by atoms with Gasteiger partial charge in [-0.3, -0.25) is 19.8 Å². The van der Waals surface area contributed by atoms with Gasteiger partial charge in [-0.05, 0) is 48.9 Å². The first-order valence-corrected chi connectivity index (χ1v) is 8.46. The molecule has 9 heteroatoms. The molecule has 0 radical (unpaired) electrons. The second-order valence-corrected chi connectivity index (χ2v) is 6.55. The van der Waals surface area contributed by atoms with Gasteiger partial charge in [0.2, 0.25) is 0 Å². The Bertz CT molecular complexity index is 885. The summed E-state index contributed by atoms with van der Waals surface area (Å²) < 4.78 is 5.53. The van der Waals surface area contributed by atoms with Gasteiger partial charge in [-0.2, -0.15) is 0 Å². The van der Waals surface area contributed by atoms with Crippen molar-refractivity contribution in [3.63, 3.8) is 0 Å². The number of urea groups is 1. The molecule has 3 amide bonds. The fourth-order valence-electron chi connectivity index (χ4n) is 2.80. The molecule has 140 valence electrons. The molecule has 3 rings (SSSR count). The van der Waals surface area contributed by atoms with Gasteiger partial charge in [0.15, 0.2) is 0 Å². The molecule has 0 bridgehead atoms. The van der Waals surface area contributed by atoms with Crippen molar-refractivity contribution in [2.75, 3.05) is 13.2 Å². The quantitative estimate of drug-likeness (QED) is 0.464. The van der Waals surface area contributed by atoms with Crippen molar-refractivity contribution in [1.29, 1.82) is 0 Å². The highest BCUT2D eigenvalue weighted by atomic mass is 35.5. The van der Waals surface area contributed by atoms with Crippen molar-refractivity contribution in [3.8, 4) is 5.75 Å². The summed E-state index contributed by atoms with van der Waals surface area (Å²) in [5, 5.41) is 14.0. The van der Waals surface area contributed by atoms with E-state index in [1.54, 1.807) is 31.2 Å². The van der Waals surface area contributed by atoms with Crippen LogP contribution in [0.25, 0.3) is 0 Å². The monoisotopic (exact) mass is 389 g/mol. The average Bonchev–Trinajstić information content (AvgIpc) is 2.87. The normalized spacial score (nSPS) is 19.1. The van der Waals surface area contributed by atoms with Crippen LogP contribution in [0.2, 0.25) is 5.02 Å². The summed E-state index contributed by atoms with van der Waals surface area (Å²) in [4.78, 5) is 36.3. The molecule has 1 saturated heterocycles. The van der Waals surface area contributed by atoms with Gasteiger partial charge in [0.05, 0.1) is 11.5 Å². The van der Waals surface area contributed by atoms with Crippen LogP contribution in [-0.2, 0) is 10.3 Å². The zero-order chi connectivity index (χ0) is 19.6. The standard InChI is InChI=1S/C18H16ClN3O5/c1-18(12-2-6-14(7-3-12)22(25)26)16(23)21(17(24)20-18)10-11-27-15-8-4-13(19)5-9-15/h2-9H,10-11H2,1H3,(H,20,24)/t18-/m1/s1. The second-order valence-electron chi connectivity index (χ2n) is 6.12. The first-order valence-electron chi connectivity index (χ1n) is 8.08. The van der Waals surface area contributed by atoms with Crippen molar-refractivity contribution in [3.05, 3.63) is 69.2 Å². The minimum atomic E-state index is -1.29. The number of nitro benzene ring substituents is 1. The molecular weight excluding hydrogens is 374 g/mol. The van der Waals surface area contributed by atoms with Gasteiger partial charge in [0.25, 0.3) is 11.6 Å². The van der Waals surface area contributed by atoms with Crippen molar-refractivity contribution in [1.82, 2.24) is 10.2 Å². The smallest absolute Gasteiger partial charge is 0.325 e. The third-order valence-corrected chi connectivity index (χ3v) is 4.58. The van der Waals surface area contributed by atoms with Crippen molar-refractivity contribution >= 4 is 29.2 Å². The number of hydrogen-bond acceptors (Lipinski definition) is 5. The maximum absolute atomic E-state index is 12.8. The Hall–Kier alpha value is -3.13. The fraction of sp³-hybridized carbons (Fsp3) is 0.222. The third-order valence-electron chi connectivity index (χ3n) is 4.33. The molecule has 1 aliphatic rings. The molecule has 0 aromatic heterocycles. The summed E-state index contributed by atoms with van der Waals surface area (Å²) >= 11 is 5.81. The Labute approximate surface area is 159 Å². The maximum Gasteiger partial charge on any atom is 0.325 e. The number of non-ortho nitro benzene ring substituents is 1. The molecule has 8 nitrogen and oxygen atoms in total. The highest BCUT2D eigenvalue weighted by Crippen LogP contribution is 2.30. The summed E-state index contributed by atoms with van der Waals surface area (Å²) in [7, 11) is 0. The first-order chi connectivity index (χ1) is 12.8. The van der Waals surface area contributed by atoms with E-state index in [1.807, 2.05) is 0 Å². The molecule has 2 aromatic carbocycles. The van der Waals surface area contributed by atoms with E-state index in [2.05, 4.69) is 5.32 Å². The minimum absolute atomic E-state index is 0.0653. The van der Waals surface area contributed by atoms with Gasteiger partial charge in [-0.15, -0.1) is 0 Å². The molecule has 0 saturated carbocycles. The van der Waals surface area contributed by atoms with Crippen LogP contribution in [0.15, 0.2) is 48.5 Å². The number of ether oxygens (including phenoxy) is 1. The van der Waals surface area contributed by atoms with Crippen molar-refractivity contribution < 1.29 is 19.2 Å². The molecule has 0 unspecified atom stereocenters. The number of rotatable bonds is 6. The number of halogens is 1. The third kappa shape index (κ3) is 3.70. The summed E-state index contributed by atoms with van der Waals surface area (Å²) in [6.45, 7) is 1.75. The molecule has 0 aliphatic carbocycles. The highest BCUT2D eigenvalue weighted by Gasteiger charge is 2.48. The van der Waals surface area contributed by atoms with Gasteiger partial charge in [0.1, 0.15) is 17.9 Å². The van der Waals surface area contributed by atoms with Crippen LogP contribution in [0.5, 0.6) is 5.75 Å². The van der Waals surface area contributed by atoms with Crippen LogP contribution in [0.4, 0.5) is 10.5 Å². The topological polar surface area (TPSA) is 102 Å². The molecule has 1 aliphatic heterocycles. The van der Waals surface area contributed by atoms with Crippen LogP contribution < -0.4 is 10.1 Å². The lowest BCUT2D eigenvalue weighted by molar-refractivity contribution is -0.384. The van der Waals surface area contributed by atoms with E-state index in [-0.39, 0.29) is 18.8 Å². The summed E-state index contributed by atoms with van der Waals surface area (Å²) in [6, 6.07) is 11.7. The zero-order valence-electron chi connectivity index (χ0n) is 14.3. The lowest BCUT2D eigenvalue weighted by atomic mass is 9.92. The number of carbonyl (C=O) groups excluding carboxylic acids is 2. The number of amides is 3. The Morgan fingerprint density at radius 1 is 1.15 bits per heavy atom. The predicted molar refractivity (Wildman–Crippen MR) is 97.6 cm³/mol. The van der Waals surface area contributed by atoms with Crippen LogP contribution >= 0.6 is 11.6 Å². The SMILES string of the molecule is C[C@]1(c2ccc([N+](=O)[O-])cc2)NC(=O)N(CCOc2ccc(Cl)cc2)C1=O. The molecule has 2 aromatic rings. The van der Waals surface area contributed by atoms with Gasteiger partial charge < -0.3 is 10.1 Å². The second kappa shape index (κ2) is 7.24. The molecule has 1 fully saturated rings.